The Morgan fingerprint density at radius 3 is 2.90 bits per heavy atom. The van der Waals surface area contributed by atoms with Gasteiger partial charge in [0, 0.05) is 23.4 Å². The summed E-state index contributed by atoms with van der Waals surface area (Å²) in [5.41, 5.74) is 2.46. The molecule has 0 aliphatic carbocycles. The van der Waals surface area contributed by atoms with Gasteiger partial charge in [0.1, 0.15) is 6.10 Å². The van der Waals surface area contributed by atoms with E-state index in [9.17, 15) is 9.90 Å². The van der Waals surface area contributed by atoms with Crippen LogP contribution in [0.4, 0.5) is 0 Å². The number of ether oxygens (including phenoxy) is 1. The van der Waals surface area contributed by atoms with E-state index in [1.807, 2.05) is 32.9 Å². The lowest BCUT2D eigenvalue weighted by Gasteiger charge is -2.12. The van der Waals surface area contributed by atoms with E-state index in [4.69, 9.17) is 9.15 Å². The topological polar surface area (TPSA) is 59.7 Å². The lowest BCUT2D eigenvalue weighted by Crippen LogP contribution is -2.05. The summed E-state index contributed by atoms with van der Waals surface area (Å²) in [7, 11) is 0. The Kier molecular flexibility index (Phi) is 2.82. The van der Waals surface area contributed by atoms with Gasteiger partial charge in [-0.15, -0.1) is 0 Å². The van der Waals surface area contributed by atoms with Gasteiger partial charge in [-0.05, 0) is 31.9 Å². The number of aromatic hydroxyl groups is 1. The van der Waals surface area contributed by atoms with Crippen LogP contribution in [0.25, 0.3) is 17.0 Å². The van der Waals surface area contributed by atoms with Crippen LogP contribution < -0.4 is 10.4 Å². The van der Waals surface area contributed by atoms with E-state index in [-0.39, 0.29) is 17.4 Å². The van der Waals surface area contributed by atoms with Crippen LogP contribution in [0.5, 0.6) is 11.5 Å². The third kappa shape index (κ3) is 1.72. The first kappa shape index (κ1) is 12.8. The zero-order valence-electron chi connectivity index (χ0n) is 11.7. The van der Waals surface area contributed by atoms with Crippen molar-refractivity contribution in [3.63, 3.8) is 0 Å². The molecule has 2 aromatic rings. The Morgan fingerprint density at radius 1 is 1.45 bits per heavy atom. The Bertz CT molecular complexity index is 783. The molecule has 1 unspecified atom stereocenters. The molecular weight excluding hydrogens is 256 g/mol. The van der Waals surface area contributed by atoms with Gasteiger partial charge in [-0.2, -0.15) is 0 Å². The van der Waals surface area contributed by atoms with Gasteiger partial charge in [0.2, 0.25) is 5.75 Å². The molecule has 0 bridgehead atoms. The zero-order chi connectivity index (χ0) is 14.4. The molecule has 0 fully saturated rings. The van der Waals surface area contributed by atoms with E-state index in [2.05, 4.69) is 0 Å². The molecule has 1 atom stereocenters. The van der Waals surface area contributed by atoms with Crippen LogP contribution in [0, 0.1) is 6.92 Å². The van der Waals surface area contributed by atoms with Crippen molar-refractivity contribution in [2.75, 3.05) is 0 Å². The number of benzene rings is 1. The van der Waals surface area contributed by atoms with Crippen molar-refractivity contribution in [3.05, 3.63) is 39.3 Å². The molecule has 0 spiro atoms. The van der Waals surface area contributed by atoms with E-state index < -0.39 is 5.63 Å². The predicted octanol–water partition coefficient (Wildman–Crippen LogP) is 3.16. The monoisotopic (exact) mass is 272 g/mol. The second kappa shape index (κ2) is 4.40. The Morgan fingerprint density at radius 2 is 2.20 bits per heavy atom. The Balaban J connectivity index is 2.53. The minimum Gasteiger partial charge on any atom is -0.502 e. The largest absolute Gasteiger partial charge is 0.502 e. The number of allylic oxidation sites excluding steroid dienone is 1. The molecule has 1 aromatic carbocycles. The van der Waals surface area contributed by atoms with Crippen molar-refractivity contribution in [1.29, 1.82) is 0 Å². The van der Waals surface area contributed by atoms with E-state index in [1.54, 1.807) is 0 Å². The summed E-state index contributed by atoms with van der Waals surface area (Å²) in [6.45, 7) is 5.72. The van der Waals surface area contributed by atoms with Crippen molar-refractivity contribution in [1.82, 2.24) is 0 Å². The Labute approximate surface area is 116 Å². The fourth-order valence-electron chi connectivity index (χ4n) is 2.84. The molecule has 3 rings (SSSR count). The average Bonchev–Trinajstić information content (AvgIpc) is 2.76. The Hall–Kier alpha value is -2.23. The second-order valence-electron chi connectivity index (χ2n) is 5.16. The molecule has 1 aliphatic rings. The van der Waals surface area contributed by atoms with Crippen molar-refractivity contribution in [2.24, 2.45) is 0 Å². The fraction of sp³-hybridized carbons (Fsp3) is 0.312. The van der Waals surface area contributed by atoms with Gasteiger partial charge in [-0.1, -0.05) is 12.2 Å². The first-order valence-electron chi connectivity index (χ1n) is 6.64. The summed E-state index contributed by atoms with van der Waals surface area (Å²) < 4.78 is 10.9. The molecule has 104 valence electrons. The molecule has 1 aromatic heterocycles. The molecule has 1 N–H and O–H groups in total. The number of phenols is 1. The summed E-state index contributed by atoms with van der Waals surface area (Å²) >= 11 is 0. The van der Waals surface area contributed by atoms with Gasteiger partial charge in [0.05, 0.1) is 0 Å². The number of hydrogen-bond donors (Lipinski definition) is 1. The highest BCUT2D eigenvalue weighted by Gasteiger charge is 2.29. The molecule has 0 saturated carbocycles. The summed E-state index contributed by atoms with van der Waals surface area (Å²) in [5.74, 6) is 0.361. The second-order valence-corrected chi connectivity index (χ2v) is 5.16. The van der Waals surface area contributed by atoms with Crippen molar-refractivity contribution in [3.8, 4) is 11.5 Å². The summed E-state index contributed by atoms with van der Waals surface area (Å²) in [5, 5.41) is 11.1. The van der Waals surface area contributed by atoms with Gasteiger partial charge in [0.15, 0.2) is 11.3 Å². The van der Waals surface area contributed by atoms with Crippen molar-refractivity contribution >= 4 is 17.0 Å². The van der Waals surface area contributed by atoms with Crippen LogP contribution in [0.3, 0.4) is 0 Å². The van der Waals surface area contributed by atoms with E-state index >= 15 is 0 Å². The fourth-order valence-corrected chi connectivity index (χ4v) is 2.84. The van der Waals surface area contributed by atoms with Crippen molar-refractivity contribution in [2.45, 2.75) is 33.3 Å². The van der Waals surface area contributed by atoms with Gasteiger partial charge in [0.25, 0.3) is 0 Å². The maximum atomic E-state index is 11.6. The quantitative estimate of drug-likeness (QED) is 0.810. The SMILES string of the molecule is C/C=C\c1c2c(c(O)c3oc(=O)cc(C)c13)OC(C)C2. The minimum absolute atomic E-state index is 0.00347. The van der Waals surface area contributed by atoms with E-state index in [0.717, 1.165) is 28.5 Å². The lowest BCUT2D eigenvalue weighted by atomic mass is 9.95. The molecule has 0 saturated heterocycles. The van der Waals surface area contributed by atoms with Gasteiger partial charge in [-0.3, -0.25) is 0 Å². The molecular formula is C16H16O4. The highest BCUT2D eigenvalue weighted by atomic mass is 16.5. The number of aryl methyl sites for hydroxylation is 1. The molecule has 1 aliphatic heterocycles. The molecule has 4 nitrogen and oxygen atoms in total. The number of fused-ring (bicyclic) bond motifs is 2. The number of phenolic OH excluding ortho intramolecular Hbond substituents is 1. The third-order valence-corrected chi connectivity index (χ3v) is 3.60. The number of rotatable bonds is 1. The first-order valence-corrected chi connectivity index (χ1v) is 6.64. The minimum atomic E-state index is -0.470. The van der Waals surface area contributed by atoms with Crippen LogP contribution >= 0.6 is 0 Å². The third-order valence-electron chi connectivity index (χ3n) is 3.60. The molecule has 0 amide bonds. The predicted molar refractivity (Wildman–Crippen MR) is 77.4 cm³/mol. The highest BCUT2D eigenvalue weighted by molar-refractivity contribution is 5.97. The van der Waals surface area contributed by atoms with Gasteiger partial charge < -0.3 is 14.3 Å². The van der Waals surface area contributed by atoms with E-state index in [1.165, 1.54) is 6.07 Å². The van der Waals surface area contributed by atoms with Gasteiger partial charge in [-0.25, -0.2) is 4.79 Å². The van der Waals surface area contributed by atoms with Crippen LogP contribution in [0.1, 0.15) is 30.5 Å². The summed E-state index contributed by atoms with van der Waals surface area (Å²) in [6, 6.07) is 1.44. The number of hydrogen-bond acceptors (Lipinski definition) is 4. The molecule has 20 heavy (non-hydrogen) atoms. The highest BCUT2D eigenvalue weighted by Crippen LogP contribution is 2.46. The molecule has 2 heterocycles. The van der Waals surface area contributed by atoms with Crippen LogP contribution in [0.2, 0.25) is 0 Å². The van der Waals surface area contributed by atoms with Crippen LogP contribution in [-0.2, 0) is 6.42 Å². The summed E-state index contributed by atoms with van der Waals surface area (Å²) in [4.78, 5) is 11.6. The molecule has 0 radical (unpaired) electrons. The zero-order valence-corrected chi connectivity index (χ0v) is 11.7. The standard InChI is InChI=1S/C16H16O4/c1-4-5-10-11-7-9(3)19-15(11)14(18)16-13(10)8(2)6-12(17)20-16/h4-6,9,18H,7H2,1-3H3/b5-4-. The smallest absolute Gasteiger partial charge is 0.336 e. The molecule has 4 heteroatoms. The summed E-state index contributed by atoms with van der Waals surface area (Å²) in [6.07, 6.45) is 4.63. The maximum absolute atomic E-state index is 11.6. The average molecular weight is 272 g/mol. The lowest BCUT2D eigenvalue weighted by molar-refractivity contribution is 0.245. The normalized spacial score (nSPS) is 17.6. The van der Waals surface area contributed by atoms with Crippen LogP contribution in [-0.4, -0.2) is 11.2 Å². The first-order chi connectivity index (χ1) is 9.52. The van der Waals surface area contributed by atoms with E-state index in [0.29, 0.717) is 5.75 Å². The van der Waals surface area contributed by atoms with Crippen LogP contribution in [0.15, 0.2) is 21.4 Å². The van der Waals surface area contributed by atoms with Crippen molar-refractivity contribution < 1.29 is 14.3 Å². The van der Waals surface area contributed by atoms with Gasteiger partial charge >= 0.3 is 5.63 Å². The maximum Gasteiger partial charge on any atom is 0.336 e.